The van der Waals surface area contributed by atoms with Gasteiger partial charge < -0.3 is 25.5 Å². The van der Waals surface area contributed by atoms with Gasteiger partial charge in [0.05, 0.1) is 29.5 Å². The van der Waals surface area contributed by atoms with Crippen LogP contribution in [0.4, 0.5) is 0 Å². The first-order valence-corrected chi connectivity index (χ1v) is 11.3. The van der Waals surface area contributed by atoms with Gasteiger partial charge in [-0.3, -0.25) is 14.3 Å². The van der Waals surface area contributed by atoms with Gasteiger partial charge in [0.1, 0.15) is 0 Å². The van der Waals surface area contributed by atoms with E-state index in [1.807, 2.05) is 44.2 Å². The molecule has 182 valence electrons. The number of hydrogen-bond donors (Lipinski definition) is 4. The van der Waals surface area contributed by atoms with Crippen molar-refractivity contribution in [3.05, 3.63) is 53.3 Å². The number of aromatic nitrogens is 2. The Bertz CT molecular complexity index is 1040. The summed E-state index contributed by atoms with van der Waals surface area (Å²) in [4.78, 5) is 31.7. The van der Waals surface area contributed by atoms with Crippen LogP contribution in [0.5, 0.6) is 0 Å². The molecule has 2 aromatic rings. The largest absolute Gasteiger partial charge is 0.475 e. The number of amides is 2. The number of nitrogens with zero attached hydrogens (tertiary/aromatic N) is 3. The molecule has 1 aromatic carbocycles. The van der Waals surface area contributed by atoms with Crippen molar-refractivity contribution in [1.82, 2.24) is 20.4 Å². The molecule has 4 N–H and O–H groups in total. The van der Waals surface area contributed by atoms with Crippen molar-refractivity contribution in [3.8, 4) is 0 Å². The molecule has 34 heavy (non-hydrogen) atoms. The third-order valence-corrected chi connectivity index (χ3v) is 5.70. The van der Waals surface area contributed by atoms with Crippen LogP contribution in [-0.2, 0) is 23.1 Å². The Balaban J connectivity index is 1.73. The first-order valence-electron chi connectivity index (χ1n) is 11.3. The predicted molar refractivity (Wildman–Crippen MR) is 128 cm³/mol. The lowest BCUT2D eigenvalue weighted by Crippen LogP contribution is -2.56. The van der Waals surface area contributed by atoms with E-state index < -0.39 is 24.6 Å². The summed E-state index contributed by atoms with van der Waals surface area (Å²) in [5, 5.41) is 33.4. The molecule has 2 unspecified atom stereocenters. The zero-order valence-electron chi connectivity index (χ0n) is 20.0. The molecule has 10 nitrogen and oxygen atoms in total. The van der Waals surface area contributed by atoms with E-state index in [0.29, 0.717) is 23.4 Å². The van der Waals surface area contributed by atoms with Crippen LogP contribution >= 0.6 is 0 Å². The van der Waals surface area contributed by atoms with Crippen LogP contribution in [0.15, 0.2) is 41.7 Å². The molecule has 2 amide bonds. The molecule has 0 aliphatic carbocycles. The smallest absolute Gasteiger partial charge is 0.426 e. The predicted octanol–water partition coefficient (Wildman–Crippen LogP) is 0.759. The van der Waals surface area contributed by atoms with Gasteiger partial charge in [-0.1, -0.05) is 49.3 Å². The van der Waals surface area contributed by atoms with Gasteiger partial charge in [0.15, 0.2) is 0 Å². The normalized spacial score (nSPS) is 18.3. The molecule has 0 radical (unpaired) electrons. The van der Waals surface area contributed by atoms with Crippen molar-refractivity contribution in [3.63, 3.8) is 0 Å². The van der Waals surface area contributed by atoms with Crippen LogP contribution < -0.4 is 10.6 Å². The van der Waals surface area contributed by atoms with Crippen LogP contribution in [0.2, 0.25) is 0 Å². The molecule has 2 atom stereocenters. The minimum Gasteiger partial charge on any atom is -0.426 e. The van der Waals surface area contributed by atoms with E-state index in [-0.39, 0.29) is 31.2 Å². The third-order valence-electron chi connectivity index (χ3n) is 5.70. The summed E-state index contributed by atoms with van der Waals surface area (Å²) in [5.74, 6) is -1.48. The van der Waals surface area contributed by atoms with Crippen LogP contribution in [0.3, 0.4) is 0 Å². The standard InChI is InChI=1S/C23H32BN5O5/c1-15(2)10-20(24(32)33)26-22(31)23(11-17-8-6-5-7-9-17)12-18(28-34-23)13-25-21(30)19-14-29(4)27-16(19)3/h5-9,14-15,20,32-33H,10-13H2,1-4H3,(H,25,30)(H,26,31). The highest BCUT2D eigenvalue weighted by Crippen LogP contribution is 2.29. The SMILES string of the molecule is Cc1nn(C)cc1C(=O)NCC1=NOC(Cc2ccccc2)(C(=O)NC(CC(C)C)B(O)O)C1. The lowest BCUT2D eigenvalue weighted by molar-refractivity contribution is -0.144. The molecule has 0 bridgehead atoms. The van der Waals surface area contributed by atoms with Crippen molar-refractivity contribution in [2.45, 2.75) is 51.6 Å². The molecule has 0 spiro atoms. The van der Waals surface area contributed by atoms with Gasteiger partial charge in [0.25, 0.3) is 11.8 Å². The van der Waals surface area contributed by atoms with E-state index in [0.717, 1.165) is 5.56 Å². The molecule has 2 heterocycles. The van der Waals surface area contributed by atoms with Crippen molar-refractivity contribution < 1.29 is 24.5 Å². The summed E-state index contributed by atoms with van der Waals surface area (Å²) >= 11 is 0. The molecular weight excluding hydrogens is 437 g/mol. The fourth-order valence-corrected chi connectivity index (χ4v) is 4.03. The fourth-order valence-electron chi connectivity index (χ4n) is 4.03. The van der Waals surface area contributed by atoms with E-state index in [1.165, 1.54) is 0 Å². The molecule has 3 rings (SSSR count). The molecular formula is C23H32BN5O5. The molecule has 1 aliphatic heterocycles. The summed E-state index contributed by atoms with van der Waals surface area (Å²) in [6, 6.07) is 9.39. The number of hydrogen-bond acceptors (Lipinski definition) is 7. The van der Waals surface area contributed by atoms with E-state index in [2.05, 4.69) is 20.9 Å². The second-order valence-corrected chi connectivity index (χ2v) is 9.19. The van der Waals surface area contributed by atoms with Crippen LogP contribution in [0.1, 0.15) is 48.3 Å². The molecule has 0 fully saturated rings. The maximum Gasteiger partial charge on any atom is 0.475 e. The van der Waals surface area contributed by atoms with Gasteiger partial charge in [0.2, 0.25) is 5.60 Å². The molecule has 0 saturated heterocycles. The van der Waals surface area contributed by atoms with E-state index >= 15 is 0 Å². The Morgan fingerprint density at radius 2 is 1.97 bits per heavy atom. The third kappa shape index (κ3) is 6.24. The second-order valence-electron chi connectivity index (χ2n) is 9.19. The second kappa shape index (κ2) is 10.8. The quantitative estimate of drug-likeness (QED) is 0.379. The van der Waals surface area contributed by atoms with E-state index in [4.69, 9.17) is 4.84 Å². The van der Waals surface area contributed by atoms with Crippen molar-refractivity contribution in [1.29, 1.82) is 0 Å². The minimum atomic E-state index is -1.70. The van der Waals surface area contributed by atoms with Gasteiger partial charge >= 0.3 is 7.12 Å². The Hall–Kier alpha value is -3.18. The fraction of sp³-hybridized carbons (Fsp3) is 0.478. The van der Waals surface area contributed by atoms with E-state index in [1.54, 1.807) is 24.9 Å². The number of oxime groups is 1. The minimum absolute atomic E-state index is 0.106. The van der Waals surface area contributed by atoms with Gasteiger partial charge in [-0.05, 0) is 24.8 Å². The van der Waals surface area contributed by atoms with E-state index in [9.17, 15) is 19.6 Å². The number of rotatable bonds is 10. The lowest BCUT2D eigenvalue weighted by atomic mass is 9.74. The number of benzene rings is 1. The maximum absolute atomic E-state index is 13.4. The number of nitrogens with one attached hydrogen (secondary N) is 2. The van der Waals surface area contributed by atoms with Crippen LogP contribution in [-0.4, -0.2) is 62.6 Å². The Kier molecular flexibility index (Phi) is 8.11. The highest BCUT2D eigenvalue weighted by atomic mass is 16.7. The summed E-state index contributed by atoms with van der Waals surface area (Å²) in [5.41, 5.74) is 1.08. The highest BCUT2D eigenvalue weighted by Gasteiger charge is 2.48. The lowest BCUT2D eigenvalue weighted by Gasteiger charge is -2.29. The molecule has 1 aliphatic rings. The topological polar surface area (TPSA) is 138 Å². The summed E-state index contributed by atoms with van der Waals surface area (Å²) in [6.45, 7) is 5.72. The van der Waals surface area contributed by atoms with Crippen molar-refractivity contribution >= 4 is 24.6 Å². The summed E-state index contributed by atoms with van der Waals surface area (Å²) in [7, 11) is 0.0365. The van der Waals surface area contributed by atoms with Crippen molar-refractivity contribution in [2.24, 2.45) is 18.1 Å². The molecule has 0 saturated carbocycles. The highest BCUT2D eigenvalue weighted by molar-refractivity contribution is 6.43. The molecule has 11 heteroatoms. The Morgan fingerprint density at radius 3 is 2.56 bits per heavy atom. The Morgan fingerprint density at radius 1 is 1.26 bits per heavy atom. The van der Waals surface area contributed by atoms with Gasteiger partial charge in [-0.25, -0.2) is 0 Å². The summed E-state index contributed by atoms with van der Waals surface area (Å²) in [6.07, 6.45) is 2.41. The van der Waals surface area contributed by atoms with Gasteiger partial charge in [-0.2, -0.15) is 5.10 Å². The zero-order chi connectivity index (χ0) is 24.9. The maximum atomic E-state index is 13.4. The summed E-state index contributed by atoms with van der Waals surface area (Å²) < 4.78 is 1.57. The van der Waals surface area contributed by atoms with Gasteiger partial charge in [-0.15, -0.1) is 0 Å². The van der Waals surface area contributed by atoms with Gasteiger partial charge in [0, 0.05) is 26.1 Å². The van der Waals surface area contributed by atoms with Crippen LogP contribution in [0, 0.1) is 12.8 Å². The number of carbonyl (C=O) groups excluding carboxylic acids is 2. The number of aryl methyl sites for hydroxylation is 2. The zero-order valence-corrected chi connectivity index (χ0v) is 20.0. The monoisotopic (exact) mass is 469 g/mol. The first kappa shape index (κ1) is 25.4. The average molecular weight is 469 g/mol. The first-order chi connectivity index (χ1) is 16.1. The van der Waals surface area contributed by atoms with Crippen LogP contribution in [0.25, 0.3) is 0 Å². The Labute approximate surface area is 199 Å². The number of carbonyl (C=O) groups is 2. The van der Waals surface area contributed by atoms with Crippen molar-refractivity contribution in [2.75, 3.05) is 6.54 Å². The average Bonchev–Trinajstić information content (AvgIpc) is 3.35. The molecule has 1 aromatic heterocycles.